The maximum Gasteiger partial charge on any atom is 0.467 e. The van der Waals surface area contributed by atoms with Crippen LogP contribution in [-0.4, -0.2) is 32.3 Å². The van der Waals surface area contributed by atoms with Gasteiger partial charge in [-0.3, -0.25) is 0 Å². The standard InChI is InChI=1S/C12H23BF2O2Si/c1-10(2)11(3,4)17-13(16-10)8-9(12(8,14)15)18(5,6)7/h8-9H,1-7H3/t8-,9+/m1/s1. The summed E-state index contributed by atoms with van der Waals surface area (Å²) in [6.07, 6.45) is 0. The maximum atomic E-state index is 14.0. The quantitative estimate of drug-likeness (QED) is 0.714. The van der Waals surface area contributed by atoms with Gasteiger partial charge < -0.3 is 9.31 Å². The van der Waals surface area contributed by atoms with Crippen LogP contribution in [0.25, 0.3) is 0 Å². The number of hydrogen-bond acceptors (Lipinski definition) is 2. The molecule has 1 saturated heterocycles. The second-order valence-corrected chi connectivity index (χ2v) is 13.0. The van der Waals surface area contributed by atoms with Gasteiger partial charge in [-0.25, -0.2) is 8.78 Å². The van der Waals surface area contributed by atoms with E-state index in [0.29, 0.717) is 0 Å². The van der Waals surface area contributed by atoms with Crippen LogP contribution in [0.1, 0.15) is 27.7 Å². The molecule has 0 unspecified atom stereocenters. The van der Waals surface area contributed by atoms with Gasteiger partial charge in [-0.2, -0.15) is 0 Å². The average Bonchev–Trinajstić information content (AvgIpc) is 2.58. The Morgan fingerprint density at radius 1 is 0.944 bits per heavy atom. The highest BCUT2D eigenvalue weighted by Gasteiger charge is 2.79. The van der Waals surface area contributed by atoms with Crippen molar-refractivity contribution in [2.45, 2.75) is 75.8 Å². The summed E-state index contributed by atoms with van der Waals surface area (Å²) in [6.45, 7) is 13.5. The molecule has 104 valence electrons. The second kappa shape index (κ2) is 3.58. The SMILES string of the molecule is CC1(C)OB([C@@H]2[C@H]([Si](C)(C)C)C2(F)F)OC1(C)C. The molecule has 2 aliphatic rings. The molecule has 0 amide bonds. The van der Waals surface area contributed by atoms with E-state index < -0.39 is 43.7 Å². The van der Waals surface area contributed by atoms with Gasteiger partial charge in [-0.15, -0.1) is 0 Å². The molecule has 1 saturated carbocycles. The van der Waals surface area contributed by atoms with Crippen LogP contribution in [0.3, 0.4) is 0 Å². The lowest BCUT2D eigenvalue weighted by atomic mass is 9.82. The summed E-state index contributed by atoms with van der Waals surface area (Å²) in [5, 5.41) is 0. The van der Waals surface area contributed by atoms with E-state index in [4.69, 9.17) is 9.31 Å². The van der Waals surface area contributed by atoms with E-state index in [9.17, 15) is 8.78 Å². The minimum Gasteiger partial charge on any atom is -0.403 e. The fraction of sp³-hybridized carbons (Fsp3) is 1.00. The van der Waals surface area contributed by atoms with Crippen LogP contribution in [0.4, 0.5) is 8.78 Å². The first-order chi connectivity index (χ1) is 7.81. The first kappa shape index (κ1) is 14.5. The second-order valence-electron chi connectivity index (χ2n) is 7.67. The van der Waals surface area contributed by atoms with Crippen molar-refractivity contribution in [3.05, 3.63) is 0 Å². The van der Waals surface area contributed by atoms with Gasteiger partial charge in [0.2, 0.25) is 5.92 Å². The fourth-order valence-electron chi connectivity index (χ4n) is 2.84. The molecule has 0 spiro atoms. The number of alkyl halides is 2. The Kier molecular flexibility index (Phi) is 2.88. The van der Waals surface area contributed by atoms with Gasteiger partial charge in [0.25, 0.3) is 0 Å². The third-order valence-electron chi connectivity index (χ3n) is 4.61. The van der Waals surface area contributed by atoms with Crippen LogP contribution >= 0.6 is 0 Å². The fourth-order valence-corrected chi connectivity index (χ4v) is 5.55. The lowest BCUT2D eigenvalue weighted by Crippen LogP contribution is -2.41. The van der Waals surface area contributed by atoms with Crippen molar-refractivity contribution in [1.82, 2.24) is 0 Å². The van der Waals surface area contributed by atoms with E-state index in [1.165, 1.54) is 0 Å². The monoisotopic (exact) mass is 276 g/mol. The van der Waals surface area contributed by atoms with Crippen LogP contribution in [0.2, 0.25) is 31.0 Å². The molecule has 2 fully saturated rings. The normalized spacial score (nSPS) is 36.8. The molecule has 2 atom stereocenters. The molecule has 1 aliphatic heterocycles. The van der Waals surface area contributed by atoms with Crippen molar-refractivity contribution >= 4 is 15.2 Å². The smallest absolute Gasteiger partial charge is 0.403 e. The van der Waals surface area contributed by atoms with Crippen LogP contribution < -0.4 is 0 Å². The van der Waals surface area contributed by atoms with Crippen molar-refractivity contribution in [2.75, 3.05) is 0 Å². The molecule has 0 aromatic rings. The third-order valence-corrected chi connectivity index (χ3v) is 7.22. The van der Waals surface area contributed by atoms with E-state index >= 15 is 0 Å². The molecular formula is C12H23BF2O2Si. The van der Waals surface area contributed by atoms with E-state index in [2.05, 4.69) is 0 Å². The Morgan fingerprint density at radius 3 is 1.61 bits per heavy atom. The molecular weight excluding hydrogens is 253 g/mol. The topological polar surface area (TPSA) is 18.5 Å². The van der Waals surface area contributed by atoms with E-state index in [1.807, 2.05) is 47.3 Å². The van der Waals surface area contributed by atoms with Crippen molar-refractivity contribution in [3.63, 3.8) is 0 Å². The van der Waals surface area contributed by atoms with E-state index in [1.54, 1.807) is 0 Å². The van der Waals surface area contributed by atoms with E-state index in [-0.39, 0.29) is 0 Å². The Morgan fingerprint density at radius 2 is 1.33 bits per heavy atom. The highest BCUT2D eigenvalue weighted by Crippen LogP contribution is 2.71. The molecule has 2 nitrogen and oxygen atoms in total. The Hall–Kier alpha value is 0.0618. The molecule has 0 radical (unpaired) electrons. The molecule has 0 bridgehead atoms. The molecule has 2 rings (SSSR count). The Bertz CT molecular complexity index is 350. The van der Waals surface area contributed by atoms with Crippen LogP contribution in [0.15, 0.2) is 0 Å². The zero-order valence-corrected chi connectivity index (χ0v) is 13.3. The molecule has 1 heterocycles. The van der Waals surface area contributed by atoms with Crippen molar-refractivity contribution in [1.29, 1.82) is 0 Å². The molecule has 0 aromatic heterocycles. The van der Waals surface area contributed by atoms with Gasteiger partial charge in [0.1, 0.15) is 0 Å². The number of halogens is 2. The first-order valence-corrected chi connectivity index (χ1v) is 10.1. The Balaban J connectivity index is 2.18. The van der Waals surface area contributed by atoms with Gasteiger partial charge >= 0.3 is 7.12 Å². The summed E-state index contributed by atoms with van der Waals surface area (Å²) in [5.41, 5.74) is -1.58. The molecule has 1 aliphatic carbocycles. The van der Waals surface area contributed by atoms with Gasteiger partial charge in [-0.1, -0.05) is 19.6 Å². The summed E-state index contributed by atoms with van der Waals surface area (Å²) < 4.78 is 39.5. The summed E-state index contributed by atoms with van der Waals surface area (Å²) in [6, 6.07) is 0. The van der Waals surface area contributed by atoms with Gasteiger partial charge in [0, 0.05) is 5.54 Å². The molecule has 18 heavy (non-hydrogen) atoms. The van der Waals surface area contributed by atoms with Gasteiger partial charge in [0.15, 0.2) is 0 Å². The summed E-state index contributed by atoms with van der Waals surface area (Å²) in [4.78, 5) is 0. The van der Waals surface area contributed by atoms with Crippen molar-refractivity contribution in [3.8, 4) is 0 Å². The Labute approximate surface area is 110 Å². The zero-order valence-electron chi connectivity index (χ0n) is 12.3. The first-order valence-electron chi connectivity index (χ1n) is 6.54. The molecule has 6 heteroatoms. The molecule has 0 N–H and O–H groups in total. The van der Waals surface area contributed by atoms with Crippen LogP contribution in [0, 0.1) is 0 Å². The lowest BCUT2D eigenvalue weighted by Gasteiger charge is -2.32. The minimum absolute atomic E-state index is 0.527. The van der Waals surface area contributed by atoms with Gasteiger partial charge in [-0.05, 0) is 27.7 Å². The maximum absolute atomic E-state index is 14.0. The third kappa shape index (κ3) is 1.97. The highest BCUT2D eigenvalue weighted by molar-refractivity contribution is 6.80. The zero-order chi connectivity index (χ0) is 14.1. The highest BCUT2D eigenvalue weighted by atomic mass is 28.3. The summed E-state index contributed by atoms with van der Waals surface area (Å²) in [5.74, 6) is -3.38. The van der Waals surface area contributed by atoms with Crippen LogP contribution in [0.5, 0.6) is 0 Å². The summed E-state index contributed by atoms with van der Waals surface area (Å²) >= 11 is 0. The molecule has 0 aromatic carbocycles. The van der Waals surface area contributed by atoms with Crippen molar-refractivity contribution in [2.24, 2.45) is 0 Å². The average molecular weight is 276 g/mol. The van der Waals surface area contributed by atoms with Crippen LogP contribution in [-0.2, 0) is 9.31 Å². The van der Waals surface area contributed by atoms with Crippen molar-refractivity contribution < 1.29 is 18.1 Å². The number of hydrogen-bond donors (Lipinski definition) is 0. The largest absolute Gasteiger partial charge is 0.467 e. The predicted molar refractivity (Wildman–Crippen MR) is 71.9 cm³/mol. The summed E-state index contributed by atoms with van der Waals surface area (Å²) in [7, 11) is -2.65. The minimum atomic E-state index is -2.62. The lowest BCUT2D eigenvalue weighted by molar-refractivity contribution is 0.00578. The van der Waals surface area contributed by atoms with Gasteiger partial charge in [0.05, 0.1) is 25.1 Å². The predicted octanol–water partition coefficient (Wildman–Crippen LogP) is 3.81. The van der Waals surface area contributed by atoms with E-state index in [0.717, 1.165) is 0 Å². The number of rotatable bonds is 2.